The van der Waals surface area contributed by atoms with Crippen LogP contribution in [0.5, 0.6) is 0 Å². The summed E-state index contributed by atoms with van der Waals surface area (Å²) < 4.78 is 0. The summed E-state index contributed by atoms with van der Waals surface area (Å²) in [6.45, 7) is 3.77. The molecule has 1 aliphatic heterocycles. The molecule has 0 bridgehead atoms. The topological polar surface area (TPSA) is 46.3 Å². The van der Waals surface area contributed by atoms with Crippen molar-refractivity contribution in [1.82, 2.24) is 4.90 Å². The molecule has 0 radical (unpaired) electrons. The van der Waals surface area contributed by atoms with Crippen LogP contribution < -0.4 is 5.73 Å². The van der Waals surface area contributed by atoms with E-state index in [4.69, 9.17) is 5.73 Å². The van der Waals surface area contributed by atoms with Crippen LogP contribution in [0.3, 0.4) is 0 Å². The molecule has 1 aromatic carbocycles. The molecular weight excluding hydrogens is 260 g/mol. The molecule has 1 amide bonds. The summed E-state index contributed by atoms with van der Waals surface area (Å²) in [5.41, 5.74) is 8.09. The molecule has 1 saturated carbocycles. The number of carbonyl (C=O) groups is 1. The normalized spacial score (nSPS) is 28.9. The molecule has 3 nitrogen and oxygen atoms in total. The van der Waals surface area contributed by atoms with Crippen molar-refractivity contribution in [3.8, 4) is 0 Å². The Hall–Kier alpha value is -1.06. The van der Waals surface area contributed by atoms with Crippen molar-refractivity contribution >= 4 is 18.3 Å². The van der Waals surface area contributed by atoms with Crippen LogP contribution in [0, 0.1) is 18.8 Å². The number of amides is 1. The molecule has 0 aromatic heterocycles. The smallest absolute Gasteiger partial charge is 0.253 e. The highest BCUT2D eigenvalue weighted by Crippen LogP contribution is 2.37. The van der Waals surface area contributed by atoms with Crippen molar-refractivity contribution in [3.63, 3.8) is 0 Å². The number of nitrogens with zero attached hydrogens (tertiary/aromatic N) is 1. The molecule has 2 aliphatic rings. The Morgan fingerprint density at radius 2 is 1.89 bits per heavy atom. The lowest BCUT2D eigenvalue weighted by Crippen LogP contribution is -2.33. The molecule has 4 heteroatoms. The molecule has 0 spiro atoms. The maximum Gasteiger partial charge on any atom is 0.253 e. The molecule has 19 heavy (non-hydrogen) atoms. The number of nitrogens with two attached hydrogens (primary N) is 1. The van der Waals surface area contributed by atoms with E-state index in [1.165, 1.54) is 12.0 Å². The highest BCUT2D eigenvalue weighted by atomic mass is 35.5. The standard InChI is InChI=1S/C15H20N2O.ClH/c1-10-2-4-11(5-3-10)15(18)17-8-12-6-7-14(16)13(12)9-17;/h2-5,12-14H,6-9,16H2,1H3;1H. The average Bonchev–Trinajstić information content (AvgIpc) is 2.92. The Kier molecular flexibility index (Phi) is 4.16. The lowest BCUT2D eigenvalue weighted by atomic mass is 9.98. The fourth-order valence-corrected chi connectivity index (χ4v) is 3.35. The van der Waals surface area contributed by atoms with E-state index in [1.54, 1.807) is 0 Å². The Morgan fingerprint density at radius 1 is 1.21 bits per heavy atom. The van der Waals surface area contributed by atoms with Crippen molar-refractivity contribution in [1.29, 1.82) is 0 Å². The molecule has 3 rings (SSSR count). The van der Waals surface area contributed by atoms with Gasteiger partial charge in [-0.25, -0.2) is 0 Å². The fraction of sp³-hybridized carbons (Fsp3) is 0.533. The maximum atomic E-state index is 12.4. The van der Waals surface area contributed by atoms with Crippen LogP contribution in [0.1, 0.15) is 28.8 Å². The monoisotopic (exact) mass is 280 g/mol. The second kappa shape index (κ2) is 5.51. The Bertz CT molecular complexity index is 460. The third kappa shape index (κ3) is 2.63. The van der Waals surface area contributed by atoms with E-state index in [0.717, 1.165) is 25.1 Å². The van der Waals surface area contributed by atoms with Gasteiger partial charge in [0.05, 0.1) is 0 Å². The molecule has 1 heterocycles. The zero-order valence-electron chi connectivity index (χ0n) is 11.2. The number of carbonyl (C=O) groups excluding carboxylic acids is 1. The molecule has 2 N–H and O–H groups in total. The largest absolute Gasteiger partial charge is 0.338 e. The SMILES string of the molecule is Cc1ccc(C(=O)N2CC3CCC(N)C3C2)cc1.Cl. The first-order valence-electron chi connectivity index (χ1n) is 6.76. The predicted octanol–water partition coefficient (Wildman–Crippen LogP) is 2.23. The Balaban J connectivity index is 0.00000133. The van der Waals surface area contributed by atoms with Crippen LogP contribution in [0.25, 0.3) is 0 Å². The number of likely N-dealkylation sites (tertiary alicyclic amines) is 1. The summed E-state index contributed by atoms with van der Waals surface area (Å²) in [5, 5.41) is 0. The van der Waals surface area contributed by atoms with Gasteiger partial charge in [-0.05, 0) is 43.7 Å². The zero-order valence-corrected chi connectivity index (χ0v) is 12.0. The van der Waals surface area contributed by atoms with Gasteiger partial charge in [0.2, 0.25) is 0 Å². The summed E-state index contributed by atoms with van der Waals surface area (Å²) in [4.78, 5) is 14.4. The quantitative estimate of drug-likeness (QED) is 0.857. The van der Waals surface area contributed by atoms with E-state index in [9.17, 15) is 4.79 Å². The number of fused-ring (bicyclic) bond motifs is 1. The van der Waals surface area contributed by atoms with Gasteiger partial charge in [-0.3, -0.25) is 4.79 Å². The van der Waals surface area contributed by atoms with Crippen molar-refractivity contribution in [2.24, 2.45) is 17.6 Å². The molecule has 3 atom stereocenters. The molecule has 3 unspecified atom stereocenters. The van der Waals surface area contributed by atoms with Crippen LogP contribution in [-0.2, 0) is 0 Å². The summed E-state index contributed by atoms with van der Waals surface area (Å²) in [5.74, 6) is 1.32. The predicted molar refractivity (Wildman–Crippen MR) is 78.5 cm³/mol. The summed E-state index contributed by atoms with van der Waals surface area (Å²) in [7, 11) is 0. The van der Waals surface area contributed by atoms with Gasteiger partial charge in [-0.15, -0.1) is 12.4 Å². The van der Waals surface area contributed by atoms with E-state index in [-0.39, 0.29) is 18.3 Å². The van der Waals surface area contributed by atoms with E-state index >= 15 is 0 Å². The number of hydrogen-bond acceptors (Lipinski definition) is 2. The minimum Gasteiger partial charge on any atom is -0.338 e. The molecule has 1 aromatic rings. The van der Waals surface area contributed by atoms with Gasteiger partial charge in [0, 0.05) is 24.7 Å². The van der Waals surface area contributed by atoms with Gasteiger partial charge in [0.25, 0.3) is 5.91 Å². The van der Waals surface area contributed by atoms with Crippen molar-refractivity contribution in [2.75, 3.05) is 13.1 Å². The third-order valence-electron chi connectivity index (χ3n) is 4.50. The zero-order chi connectivity index (χ0) is 12.7. The van der Waals surface area contributed by atoms with Crippen LogP contribution in [0.4, 0.5) is 0 Å². The van der Waals surface area contributed by atoms with Crippen LogP contribution in [0.2, 0.25) is 0 Å². The van der Waals surface area contributed by atoms with E-state index < -0.39 is 0 Å². The molecular formula is C15H21ClN2O. The Morgan fingerprint density at radius 3 is 2.53 bits per heavy atom. The molecule has 1 saturated heterocycles. The van der Waals surface area contributed by atoms with Gasteiger partial charge in [-0.1, -0.05) is 17.7 Å². The lowest BCUT2D eigenvalue weighted by Gasteiger charge is -2.18. The summed E-state index contributed by atoms with van der Waals surface area (Å²) >= 11 is 0. The average molecular weight is 281 g/mol. The lowest BCUT2D eigenvalue weighted by molar-refractivity contribution is 0.0779. The first-order valence-corrected chi connectivity index (χ1v) is 6.76. The van der Waals surface area contributed by atoms with Gasteiger partial charge < -0.3 is 10.6 Å². The molecule has 1 aliphatic carbocycles. The molecule has 2 fully saturated rings. The minimum absolute atomic E-state index is 0. The number of rotatable bonds is 1. The van der Waals surface area contributed by atoms with E-state index in [1.807, 2.05) is 36.1 Å². The third-order valence-corrected chi connectivity index (χ3v) is 4.50. The minimum atomic E-state index is 0. The van der Waals surface area contributed by atoms with E-state index in [0.29, 0.717) is 17.9 Å². The molecule has 104 valence electrons. The van der Waals surface area contributed by atoms with Gasteiger partial charge >= 0.3 is 0 Å². The first kappa shape index (κ1) is 14.4. The van der Waals surface area contributed by atoms with Gasteiger partial charge in [0.15, 0.2) is 0 Å². The summed E-state index contributed by atoms with van der Waals surface area (Å²) in [6, 6.07) is 8.13. The van der Waals surface area contributed by atoms with E-state index in [2.05, 4.69) is 0 Å². The van der Waals surface area contributed by atoms with Crippen molar-refractivity contribution < 1.29 is 4.79 Å². The number of aryl methyl sites for hydroxylation is 1. The van der Waals surface area contributed by atoms with Crippen molar-refractivity contribution in [3.05, 3.63) is 35.4 Å². The van der Waals surface area contributed by atoms with Crippen LogP contribution in [0.15, 0.2) is 24.3 Å². The second-order valence-corrected chi connectivity index (χ2v) is 5.74. The first-order chi connectivity index (χ1) is 8.65. The summed E-state index contributed by atoms with van der Waals surface area (Å²) in [6.07, 6.45) is 2.31. The fourth-order valence-electron chi connectivity index (χ4n) is 3.35. The van der Waals surface area contributed by atoms with Gasteiger partial charge in [-0.2, -0.15) is 0 Å². The number of hydrogen-bond donors (Lipinski definition) is 1. The Labute approximate surface area is 120 Å². The number of benzene rings is 1. The highest BCUT2D eigenvalue weighted by molar-refractivity contribution is 5.94. The van der Waals surface area contributed by atoms with Crippen LogP contribution in [-0.4, -0.2) is 29.9 Å². The van der Waals surface area contributed by atoms with Crippen molar-refractivity contribution in [2.45, 2.75) is 25.8 Å². The number of halogens is 1. The van der Waals surface area contributed by atoms with Gasteiger partial charge in [0.1, 0.15) is 0 Å². The maximum absolute atomic E-state index is 12.4. The highest BCUT2D eigenvalue weighted by Gasteiger charge is 2.42. The van der Waals surface area contributed by atoms with Crippen LogP contribution >= 0.6 is 12.4 Å². The second-order valence-electron chi connectivity index (χ2n) is 5.74.